The highest BCUT2D eigenvalue weighted by atomic mass is 16.5. The van der Waals surface area contributed by atoms with Crippen molar-refractivity contribution in [2.24, 2.45) is 0 Å². The molecule has 1 aromatic heterocycles. The Morgan fingerprint density at radius 1 is 1.03 bits per heavy atom. The molecule has 29 heavy (non-hydrogen) atoms. The number of ether oxygens (including phenoxy) is 1. The van der Waals surface area contributed by atoms with Gasteiger partial charge in [0.15, 0.2) is 5.82 Å². The number of hydrogen-bond donors (Lipinski definition) is 2. The van der Waals surface area contributed by atoms with Crippen LogP contribution in [-0.2, 0) is 10.2 Å². The highest BCUT2D eigenvalue weighted by Gasteiger charge is 2.14. The van der Waals surface area contributed by atoms with Gasteiger partial charge in [-0.15, -0.1) is 5.10 Å². The normalized spacial score (nSPS) is 11.0. The summed E-state index contributed by atoms with van der Waals surface area (Å²) in [5.41, 5.74) is 3.22. The second-order valence-corrected chi connectivity index (χ2v) is 7.51. The van der Waals surface area contributed by atoms with Gasteiger partial charge in [0.25, 0.3) is 0 Å². The summed E-state index contributed by atoms with van der Waals surface area (Å²) < 4.78 is 5.10. The molecule has 0 aliphatic carbocycles. The number of benzene rings is 2. The molecule has 0 amide bonds. The number of aromatic nitrogens is 3. The number of anilines is 4. The van der Waals surface area contributed by atoms with Gasteiger partial charge in [-0.1, -0.05) is 45.0 Å². The van der Waals surface area contributed by atoms with Crippen molar-refractivity contribution < 1.29 is 9.53 Å². The molecule has 0 atom stereocenters. The fourth-order valence-electron chi connectivity index (χ4n) is 2.72. The molecule has 0 radical (unpaired) electrons. The van der Waals surface area contributed by atoms with Crippen LogP contribution in [0.25, 0.3) is 0 Å². The van der Waals surface area contributed by atoms with E-state index >= 15 is 0 Å². The summed E-state index contributed by atoms with van der Waals surface area (Å²) in [5, 5.41) is 14.3. The van der Waals surface area contributed by atoms with Crippen molar-refractivity contribution in [1.82, 2.24) is 15.2 Å². The highest BCUT2D eigenvalue weighted by Crippen LogP contribution is 2.25. The van der Waals surface area contributed by atoms with E-state index in [1.54, 1.807) is 25.1 Å². The SMILES string of the molecule is CCOC(=O)c1ccccc1Nc1cnnc(Nc2ccc(C(C)(C)C)cc2)n1. The van der Waals surface area contributed by atoms with E-state index in [1.165, 1.54) is 11.8 Å². The van der Waals surface area contributed by atoms with Gasteiger partial charge >= 0.3 is 5.97 Å². The van der Waals surface area contributed by atoms with Crippen LogP contribution >= 0.6 is 0 Å². The number of carbonyl (C=O) groups excluding carboxylic acids is 1. The van der Waals surface area contributed by atoms with E-state index in [0.717, 1.165) is 5.69 Å². The summed E-state index contributed by atoms with van der Waals surface area (Å²) in [5.74, 6) is 0.424. The lowest BCUT2D eigenvalue weighted by Gasteiger charge is -2.19. The second-order valence-electron chi connectivity index (χ2n) is 7.51. The van der Waals surface area contributed by atoms with Gasteiger partial charge < -0.3 is 15.4 Å². The number of nitrogens with one attached hydrogen (secondary N) is 2. The summed E-state index contributed by atoms with van der Waals surface area (Å²) in [6.07, 6.45) is 1.50. The lowest BCUT2D eigenvalue weighted by atomic mass is 9.87. The zero-order valence-corrected chi connectivity index (χ0v) is 17.1. The van der Waals surface area contributed by atoms with Crippen molar-refractivity contribution in [1.29, 1.82) is 0 Å². The fraction of sp³-hybridized carbons (Fsp3) is 0.273. The Kier molecular flexibility index (Phi) is 6.07. The van der Waals surface area contributed by atoms with Crippen LogP contribution in [-0.4, -0.2) is 27.8 Å². The smallest absolute Gasteiger partial charge is 0.340 e. The van der Waals surface area contributed by atoms with Gasteiger partial charge in [0.2, 0.25) is 5.95 Å². The first-order chi connectivity index (χ1) is 13.9. The summed E-state index contributed by atoms with van der Waals surface area (Å²) in [7, 11) is 0. The van der Waals surface area contributed by atoms with Crippen molar-refractivity contribution in [3.8, 4) is 0 Å². The maximum atomic E-state index is 12.1. The van der Waals surface area contributed by atoms with Crippen molar-refractivity contribution in [3.05, 3.63) is 65.9 Å². The number of carbonyl (C=O) groups is 1. The quantitative estimate of drug-likeness (QED) is 0.582. The molecule has 0 saturated carbocycles. The van der Waals surface area contributed by atoms with E-state index in [4.69, 9.17) is 4.74 Å². The Balaban J connectivity index is 1.76. The lowest BCUT2D eigenvalue weighted by Crippen LogP contribution is -2.10. The topological polar surface area (TPSA) is 89.0 Å². The molecule has 3 rings (SSSR count). The first-order valence-electron chi connectivity index (χ1n) is 9.47. The average Bonchev–Trinajstić information content (AvgIpc) is 2.68. The van der Waals surface area contributed by atoms with Gasteiger partial charge in [-0.2, -0.15) is 10.1 Å². The van der Waals surface area contributed by atoms with Crippen LogP contribution in [0.4, 0.5) is 23.1 Å². The predicted molar refractivity (Wildman–Crippen MR) is 114 cm³/mol. The van der Waals surface area contributed by atoms with Gasteiger partial charge in [0, 0.05) is 5.69 Å². The van der Waals surface area contributed by atoms with Gasteiger partial charge in [-0.3, -0.25) is 0 Å². The third-order valence-electron chi connectivity index (χ3n) is 4.25. The molecular weight excluding hydrogens is 366 g/mol. The second kappa shape index (κ2) is 8.68. The predicted octanol–water partition coefficient (Wildman–Crippen LogP) is 4.83. The third kappa shape index (κ3) is 5.28. The molecule has 0 unspecified atom stereocenters. The highest BCUT2D eigenvalue weighted by molar-refractivity contribution is 5.96. The van der Waals surface area contributed by atoms with Crippen LogP contribution in [0.15, 0.2) is 54.7 Å². The molecule has 0 aliphatic rings. The lowest BCUT2D eigenvalue weighted by molar-refractivity contribution is 0.0527. The number of para-hydroxylation sites is 1. The largest absolute Gasteiger partial charge is 0.462 e. The molecule has 0 aliphatic heterocycles. The van der Waals surface area contributed by atoms with E-state index in [0.29, 0.717) is 29.6 Å². The maximum absolute atomic E-state index is 12.1. The molecule has 7 heteroatoms. The Bertz CT molecular complexity index is 981. The van der Waals surface area contributed by atoms with E-state index in [9.17, 15) is 4.79 Å². The molecule has 7 nitrogen and oxygen atoms in total. The molecule has 150 valence electrons. The summed E-state index contributed by atoms with van der Waals surface area (Å²) >= 11 is 0. The van der Waals surface area contributed by atoms with Crippen molar-refractivity contribution in [2.45, 2.75) is 33.1 Å². The van der Waals surface area contributed by atoms with E-state index < -0.39 is 5.97 Å². The number of hydrogen-bond acceptors (Lipinski definition) is 7. The Morgan fingerprint density at radius 2 is 1.76 bits per heavy atom. The molecule has 2 N–H and O–H groups in total. The number of nitrogens with zero attached hydrogens (tertiary/aromatic N) is 3. The van der Waals surface area contributed by atoms with Gasteiger partial charge in [0.1, 0.15) is 0 Å². The molecule has 0 spiro atoms. The fourth-order valence-corrected chi connectivity index (χ4v) is 2.72. The third-order valence-corrected chi connectivity index (χ3v) is 4.25. The van der Waals surface area contributed by atoms with Gasteiger partial charge in [0.05, 0.1) is 24.1 Å². The average molecular weight is 391 g/mol. The van der Waals surface area contributed by atoms with Crippen molar-refractivity contribution in [2.75, 3.05) is 17.2 Å². The maximum Gasteiger partial charge on any atom is 0.340 e. The van der Waals surface area contributed by atoms with Crippen LogP contribution in [0.1, 0.15) is 43.6 Å². The zero-order valence-electron chi connectivity index (χ0n) is 17.1. The Labute approximate surface area is 170 Å². The molecular formula is C22H25N5O2. The zero-order chi connectivity index (χ0) is 20.9. The molecule has 1 heterocycles. The first-order valence-corrected chi connectivity index (χ1v) is 9.47. The minimum absolute atomic E-state index is 0.0900. The summed E-state index contributed by atoms with van der Waals surface area (Å²) in [6, 6.07) is 15.2. The minimum atomic E-state index is -0.394. The van der Waals surface area contributed by atoms with Crippen molar-refractivity contribution in [3.63, 3.8) is 0 Å². The van der Waals surface area contributed by atoms with Crippen molar-refractivity contribution >= 4 is 29.1 Å². The molecule has 0 fully saturated rings. The monoisotopic (exact) mass is 391 g/mol. The van der Waals surface area contributed by atoms with Crippen LogP contribution in [0.3, 0.4) is 0 Å². The minimum Gasteiger partial charge on any atom is -0.462 e. The van der Waals surface area contributed by atoms with Crippen LogP contribution in [0.2, 0.25) is 0 Å². The molecule has 3 aromatic rings. The van der Waals surface area contributed by atoms with E-state index in [-0.39, 0.29) is 5.41 Å². The summed E-state index contributed by atoms with van der Waals surface area (Å²) in [6.45, 7) is 8.60. The molecule has 0 saturated heterocycles. The standard InChI is InChI=1S/C22H25N5O2/c1-5-29-20(28)17-8-6-7-9-18(17)25-19-14-23-27-21(26-19)24-16-12-10-15(11-13-16)22(2,3)4/h6-14H,5H2,1-4H3,(H2,24,25,26,27). The van der Waals surface area contributed by atoms with Gasteiger partial charge in [-0.25, -0.2) is 4.79 Å². The van der Waals surface area contributed by atoms with Crippen LogP contribution < -0.4 is 10.6 Å². The Morgan fingerprint density at radius 3 is 2.45 bits per heavy atom. The molecule has 0 bridgehead atoms. The van der Waals surface area contributed by atoms with Gasteiger partial charge in [-0.05, 0) is 42.2 Å². The summed E-state index contributed by atoms with van der Waals surface area (Å²) in [4.78, 5) is 16.6. The van der Waals surface area contributed by atoms with Crippen LogP contribution in [0.5, 0.6) is 0 Å². The van der Waals surface area contributed by atoms with Crippen LogP contribution in [0, 0.1) is 0 Å². The number of rotatable bonds is 6. The number of esters is 1. The van der Waals surface area contributed by atoms with E-state index in [2.05, 4.69) is 58.7 Å². The van der Waals surface area contributed by atoms with E-state index in [1.807, 2.05) is 18.2 Å². The first kappa shape index (κ1) is 20.3. The molecule has 2 aromatic carbocycles. The Hall–Kier alpha value is -3.48.